The monoisotopic (exact) mass is 328 g/mol. The number of nitrogens with one attached hydrogen (secondary N) is 2. The van der Waals surface area contributed by atoms with Gasteiger partial charge in [-0.15, -0.1) is 0 Å². The number of carbonyl (C=O) groups excluding carboxylic acids is 2. The van der Waals surface area contributed by atoms with Crippen LogP contribution in [0.2, 0.25) is 0 Å². The van der Waals surface area contributed by atoms with E-state index in [1.165, 1.54) is 0 Å². The third kappa shape index (κ3) is 5.53. The number of hydrogen-bond donors (Lipinski definition) is 2. The molecule has 2 amide bonds. The molecule has 1 aromatic carbocycles. The van der Waals surface area contributed by atoms with Crippen molar-refractivity contribution in [1.29, 1.82) is 0 Å². The van der Waals surface area contributed by atoms with E-state index in [0.29, 0.717) is 12.2 Å². The van der Waals surface area contributed by atoms with Gasteiger partial charge in [-0.2, -0.15) is 0 Å². The van der Waals surface area contributed by atoms with Gasteiger partial charge in [0.15, 0.2) is 0 Å². The van der Waals surface area contributed by atoms with E-state index in [9.17, 15) is 9.59 Å². The topological polar surface area (TPSA) is 76.0 Å². The molecule has 1 aromatic heterocycles. The minimum absolute atomic E-state index is 0.167. The zero-order valence-electron chi connectivity index (χ0n) is 14.2. The molecule has 0 atom stereocenters. The summed E-state index contributed by atoms with van der Waals surface area (Å²) in [6.07, 6.45) is 5.24. The van der Waals surface area contributed by atoms with Crippen LogP contribution >= 0.6 is 0 Å². The van der Waals surface area contributed by atoms with Gasteiger partial charge in [-0.05, 0) is 25.5 Å². The van der Waals surface area contributed by atoms with Gasteiger partial charge >= 0.3 is 0 Å². The van der Waals surface area contributed by atoms with E-state index < -0.39 is 0 Å². The lowest BCUT2D eigenvalue weighted by molar-refractivity contribution is -0.126. The second kappa shape index (κ2) is 8.86. The van der Waals surface area contributed by atoms with Gasteiger partial charge in [-0.3, -0.25) is 9.59 Å². The number of anilines is 1. The van der Waals surface area contributed by atoms with Gasteiger partial charge in [0, 0.05) is 37.6 Å². The average Bonchev–Trinajstić information content (AvgIpc) is 3.01. The molecule has 0 spiro atoms. The van der Waals surface area contributed by atoms with Crippen LogP contribution in [0, 0.1) is 6.92 Å². The van der Waals surface area contributed by atoms with Crippen molar-refractivity contribution in [3.63, 3.8) is 0 Å². The highest BCUT2D eigenvalue weighted by Crippen LogP contribution is 2.08. The smallest absolute Gasteiger partial charge is 0.233 e. The fourth-order valence-electron chi connectivity index (χ4n) is 2.39. The fourth-order valence-corrected chi connectivity index (χ4v) is 2.39. The van der Waals surface area contributed by atoms with Crippen molar-refractivity contribution in [2.75, 3.05) is 11.9 Å². The molecular formula is C18H24N4O2. The summed E-state index contributed by atoms with van der Waals surface area (Å²) in [6, 6.07) is 7.47. The van der Waals surface area contributed by atoms with Crippen LogP contribution in [0.25, 0.3) is 0 Å². The quantitative estimate of drug-likeness (QED) is 0.576. The van der Waals surface area contributed by atoms with Crippen LogP contribution in [0.4, 0.5) is 5.69 Å². The van der Waals surface area contributed by atoms with Gasteiger partial charge in [0.25, 0.3) is 0 Å². The van der Waals surface area contributed by atoms with E-state index in [0.717, 1.165) is 30.8 Å². The van der Waals surface area contributed by atoms with Crippen LogP contribution in [0.3, 0.4) is 0 Å². The Balaban J connectivity index is 1.65. The predicted molar refractivity (Wildman–Crippen MR) is 93.7 cm³/mol. The predicted octanol–water partition coefficient (Wildman–Crippen LogP) is 2.29. The molecule has 0 bridgehead atoms. The molecule has 128 valence electrons. The molecule has 0 fully saturated rings. The maximum Gasteiger partial charge on any atom is 0.233 e. The first-order valence-corrected chi connectivity index (χ1v) is 8.21. The zero-order chi connectivity index (χ0) is 17.4. The summed E-state index contributed by atoms with van der Waals surface area (Å²) >= 11 is 0. The molecule has 0 saturated carbocycles. The molecule has 24 heavy (non-hydrogen) atoms. The molecule has 2 aromatic rings. The molecule has 2 rings (SSSR count). The summed E-state index contributed by atoms with van der Waals surface area (Å²) in [6.45, 7) is 5.39. The van der Waals surface area contributed by atoms with E-state index in [2.05, 4.69) is 27.1 Å². The molecule has 1 heterocycles. The summed E-state index contributed by atoms with van der Waals surface area (Å²) in [7, 11) is 0. The van der Waals surface area contributed by atoms with Crippen LogP contribution in [0.15, 0.2) is 36.7 Å². The van der Waals surface area contributed by atoms with E-state index in [4.69, 9.17) is 0 Å². The van der Waals surface area contributed by atoms with Crippen molar-refractivity contribution in [2.45, 2.75) is 39.7 Å². The highest BCUT2D eigenvalue weighted by atomic mass is 16.2. The van der Waals surface area contributed by atoms with Gasteiger partial charge in [0.1, 0.15) is 12.2 Å². The van der Waals surface area contributed by atoms with Crippen LogP contribution in [-0.4, -0.2) is 27.9 Å². The van der Waals surface area contributed by atoms with Crippen molar-refractivity contribution in [1.82, 2.24) is 14.9 Å². The number of imidazole rings is 1. The first kappa shape index (κ1) is 17.7. The van der Waals surface area contributed by atoms with Gasteiger partial charge in [0.2, 0.25) is 11.8 Å². The molecule has 0 aliphatic rings. The Morgan fingerprint density at radius 1 is 1.17 bits per heavy atom. The van der Waals surface area contributed by atoms with E-state index in [1.54, 1.807) is 6.20 Å². The molecule has 6 heteroatoms. The Labute approximate surface area is 142 Å². The Morgan fingerprint density at radius 2 is 1.92 bits per heavy atom. The van der Waals surface area contributed by atoms with Crippen LogP contribution in [0.5, 0.6) is 0 Å². The van der Waals surface area contributed by atoms with Crippen molar-refractivity contribution in [2.24, 2.45) is 0 Å². The molecule has 0 saturated heterocycles. The number of aryl methyl sites for hydroxylation is 3. The second-order valence-electron chi connectivity index (χ2n) is 5.68. The Bertz CT molecular complexity index is 677. The second-order valence-corrected chi connectivity index (χ2v) is 5.68. The maximum absolute atomic E-state index is 11.8. The van der Waals surface area contributed by atoms with Crippen molar-refractivity contribution in [3.05, 3.63) is 48.0 Å². The first-order chi connectivity index (χ1) is 11.6. The standard InChI is InChI=1S/C18H24N4O2/c1-3-16-19-10-12-22(16)11-4-9-20-17(23)13-18(24)21-15-7-5-14(2)6-8-15/h5-8,10,12H,3-4,9,11,13H2,1-2H3,(H,20,23)(H,21,24). The van der Waals surface area contributed by atoms with E-state index >= 15 is 0 Å². The Hall–Kier alpha value is -2.63. The zero-order valence-corrected chi connectivity index (χ0v) is 14.2. The normalized spacial score (nSPS) is 10.4. The Morgan fingerprint density at radius 3 is 2.62 bits per heavy atom. The summed E-state index contributed by atoms with van der Waals surface area (Å²) < 4.78 is 2.08. The highest BCUT2D eigenvalue weighted by Gasteiger charge is 2.09. The molecule has 0 aliphatic heterocycles. The lowest BCUT2D eigenvalue weighted by Crippen LogP contribution is -2.29. The Kier molecular flexibility index (Phi) is 6.54. The first-order valence-electron chi connectivity index (χ1n) is 8.21. The number of rotatable bonds is 8. The third-order valence-corrected chi connectivity index (χ3v) is 3.67. The van der Waals surface area contributed by atoms with Gasteiger partial charge in [0.05, 0.1) is 0 Å². The lowest BCUT2D eigenvalue weighted by Gasteiger charge is -2.08. The molecule has 2 N–H and O–H groups in total. The highest BCUT2D eigenvalue weighted by molar-refractivity contribution is 6.03. The number of benzene rings is 1. The molecule has 0 aliphatic carbocycles. The SMILES string of the molecule is CCc1nccn1CCCNC(=O)CC(=O)Nc1ccc(C)cc1. The molecular weight excluding hydrogens is 304 g/mol. The van der Waals surface area contributed by atoms with Crippen molar-refractivity contribution < 1.29 is 9.59 Å². The number of nitrogens with zero attached hydrogens (tertiary/aromatic N) is 2. The van der Waals surface area contributed by atoms with Crippen molar-refractivity contribution in [3.8, 4) is 0 Å². The minimum Gasteiger partial charge on any atom is -0.356 e. The lowest BCUT2D eigenvalue weighted by atomic mass is 10.2. The summed E-state index contributed by atoms with van der Waals surface area (Å²) in [5.74, 6) is 0.471. The van der Waals surface area contributed by atoms with E-state index in [-0.39, 0.29) is 18.2 Å². The molecule has 6 nitrogen and oxygen atoms in total. The summed E-state index contributed by atoms with van der Waals surface area (Å²) in [5, 5.41) is 5.49. The van der Waals surface area contributed by atoms with Gasteiger partial charge < -0.3 is 15.2 Å². The van der Waals surface area contributed by atoms with Crippen molar-refractivity contribution >= 4 is 17.5 Å². The number of aromatic nitrogens is 2. The fraction of sp³-hybridized carbons (Fsp3) is 0.389. The summed E-state index contributed by atoms with van der Waals surface area (Å²) in [5.41, 5.74) is 1.82. The molecule has 0 radical (unpaired) electrons. The minimum atomic E-state index is -0.306. The third-order valence-electron chi connectivity index (χ3n) is 3.67. The maximum atomic E-state index is 11.8. The average molecular weight is 328 g/mol. The van der Waals surface area contributed by atoms with E-state index in [1.807, 2.05) is 37.4 Å². The van der Waals surface area contributed by atoms with Gasteiger partial charge in [-0.1, -0.05) is 24.6 Å². The largest absolute Gasteiger partial charge is 0.356 e. The number of amides is 2. The summed E-state index contributed by atoms with van der Waals surface area (Å²) in [4.78, 5) is 27.9. The van der Waals surface area contributed by atoms with Gasteiger partial charge in [-0.25, -0.2) is 4.98 Å². The number of hydrogen-bond acceptors (Lipinski definition) is 3. The van der Waals surface area contributed by atoms with Crippen LogP contribution < -0.4 is 10.6 Å². The number of carbonyl (C=O) groups is 2. The van der Waals surface area contributed by atoms with Crippen LogP contribution in [0.1, 0.15) is 31.2 Å². The van der Waals surface area contributed by atoms with Crippen LogP contribution in [-0.2, 0) is 22.6 Å². The molecule has 0 unspecified atom stereocenters.